The number of piperazine rings is 1. The van der Waals surface area contributed by atoms with Crippen molar-refractivity contribution in [2.45, 2.75) is 78.3 Å². The van der Waals surface area contributed by atoms with Crippen molar-refractivity contribution in [1.82, 2.24) is 24.6 Å². The van der Waals surface area contributed by atoms with E-state index in [0.29, 0.717) is 17.4 Å². The van der Waals surface area contributed by atoms with Crippen molar-refractivity contribution in [3.8, 4) is 0 Å². The Labute approximate surface area is 227 Å². The van der Waals surface area contributed by atoms with Gasteiger partial charge in [0.25, 0.3) is 5.56 Å². The first-order chi connectivity index (χ1) is 18.4. The van der Waals surface area contributed by atoms with Gasteiger partial charge in [0.2, 0.25) is 5.95 Å². The van der Waals surface area contributed by atoms with Crippen LogP contribution >= 0.6 is 0 Å². The van der Waals surface area contributed by atoms with E-state index in [9.17, 15) is 4.79 Å². The number of fused-ring (bicyclic) bond motifs is 1. The van der Waals surface area contributed by atoms with Gasteiger partial charge in [-0.1, -0.05) is 44.7 Å². The molecule has 8 nitrogen and oxygen atoms in total. The third kappa shape index (κ3) is 5.90. The van der Waals surface area contributed by atoms with E-state index in [1.54, 1.807) is 0 Å². The Morgan fingerprint density at radius 1 is 1.11 bits per heavy atom. The molecule has 38 heavy (non-hydrogen) atoms. The minimum atomic E-state index is -0.0895. The number of aryl methyl sites for hydroxylation is 1. The van der Waals surface area contributed by atoms with Crippen molar-refractivity contribution in [3.63, 3.8) is 0 Å². The lowest BCUT2D eigenvalue weighted by Crippen LogP contribution is -2.44. The maximum absolute atomic E-state index is 13.5. The molecule has 0 atom stereocenters. The van der Waals surface area contributed by atoms with Crippen LogP contribution in [-0.2, 0) is 13.0 Å². The molecule has 1 N–H and O–H groups in total. The number of nitrogens with one attached hydrogen (secondary N) is 1. The second kappa shape index (κ2) is 11.9. The van der Waals surface area contributed by atoms with Gasteiger partial charge in [-0.05, 0) is 63.8 Å². The predicted molar refractivity (Wildman–Crippen MR) is 156 cm³/mol. The van der Waals surface area contributed by atoms with Crippen molar-refractivity contribution in [2.75, 3.05) is 49.6 Å². The van der Waals surface area contributed by atoms with Crippen LogP contribution in [0.5, 0.6) is 0 Å². The Balaban J connectivity index is 1.49. The predicted octanol–water partition coefficient (Wildman–Crippen LogP) is 4.99. The monoisotopic (exact) mass is 519 g/mol. The number of nitrogens with zero attached hydrogens (tertiary/aromatic N) is 6. The Hall–Kier alpha value is -2.87. The maximum Gasteiger partial charge on any atom is 0.278 e. The average molecular weight is 520 g/mol. The van der Waals surface area contributed by atoms with Crippen LogP contribution in [0.3, 0.4) is 0 Å². The highest BCUT2D eigenvalue weighted by Gasteiger charge is 2.23. The second-order valence-electron chi connectivity index (χ2n) is 11.7. The Morgan fingerprint density at radius 3 is 2.58 bits per heavy atom. The van der Waals surface area contributed by atoms with Gasteiger partial charge in [-0.25, -0.2) is 4.98 Å². The zero-order chi connectivity index (χ0) is 26.6. The van der Waals surface area contributed by atoms with E-state index in [-0.39, 0.29) is 11.6 Å². The van der Waals surface area contributed by atoms with Crippen molar-refractivity contribution in [1.29, 1.82) is 0 Å². The average Bonchev–Trinajstić information content (AvgIpc) is 3.29. The lowest BCUT2D eigenvalue weighted by atomic mass is 9.89. The molecule has 8 heteroatoms. The van der Waals surface area contributed by atoms with Crippen LogP contribution < -0.4 is 15.4 Å². The van der Waals surface area contributed by atoms with Crippen molar-refractivity contribution < 1.29 is 0 Å². The number of likely N-dealkylation sites (N-methyl/N-ethyl adjacent to an activating group) is 1. The molecule has 2 fully saturated rings. The van der Waals surface area contributed by atoms with Crippen LogP contribution in [0.4, 0.5) is 11.6 Å². The molecule has 0 spiro atoms. The number of rotatable bonds is 9. The van der Waals surface area contributed by atoms with Crippen molar-refractivity contribution in [2.24, 2.45) is 5.92 Å². The fourth-order valence-corrected chi connectivity index (χ4v) is 6.07. The van der Waals surface area contributed by atoms with Crippen LogP contribution in [0.2, 0.25) is 0 Å². The van der Waals surface area contributed by atoms with Gasteiger partial charge in [-0.15, -0.1) is 0 Å². The molecule has 2 aliphatic rings. The summed E-state index contributed by atoms with van der Waals surface area (Å²) < 4.78 is 1.85. The minimum Gasteiger partial charge on any atom is -0.369 e. The number of benzene rings is 1. The summed E-state index contributed by atoms with van der Waals surface area (Å²) in [5.41, 5.74) is 4.74. The topological polar surface area (TPSA) is 73.3 Å². The molecule has 1 aliphatic heterocycles. The quantitative estimate of drug-likeness (QED) is 0.429. The molecule has 206 valence electrons. The number of aromatic amines is 1. The summed E-state index contributed by atoms with van der Waals surface area (Å²) >= 11 is 0. The molecule has 3 aromatic rings. The van der Waals surface area contributed by atoms with Crippen LogP contribution in [0.25, 0.3) is 11.0 Å². The normalized spacial score (nSPS) is 17.6. The van der Waals surface area contributed by atoms with Gasteiger partial charge in [0.1, 0.15) is 5.52 Å². The molecule has 3 heterocycles. The summed E-state index contributed by atoms with van der Waals surface area (Å²) in [6, 6.07) is 9.04. The number of hydrogen-bond donors (Lipinski definition) is 1. The first-order valence-corrected chi connectivity index (χ1v) is 14.7. The third-order valence-electron chi connectivity index (χ3n) is 8.24. The minimum absolute atomic E-state index is 0.0895. The molecule has 1 aromatic carbocycles. The number of anilines is 2. The Morgan fingerprint density at radius 2 is 1.87 bits per heavy atom. The SMILES string of the molecule is CCCc1nn(C(C)C)c2c(=O)[nH]c(N(Cc3cccc(N4CCN(C)CC4)c3)CC3CCCCC3)nc12. The summed E-state index contributed by atoms with van der Waals surface area (Å²) in [5.74, 6) is 1.30. The lowest BCUT2D eigenvalue weighted by molar-refractivity contribution is 0.313. The molecular weight excluding hydrogens is 474 g/mol. The number of hydrogen-bond acceptors (Lipinski definition) is 6. The van der Waals surface area contributed by atoms with Crippen LogP contribution in [0, 0.1) is 5.92 Å². The molecule has 0 bridgehead atoms. The molecule has 1 aliphatic carbocycles. The number of aromatic nitrogens is 4. The summed E-state index contributed by atoms with van der Waals surface area (Å²) in [4.78, 5) is 29.0. The van der Waals surface area contributed by atoms with E-state index in [2.05, 4.69) is 71.8 Å². The van der Waals surface area contributed by atoms with Gasteiger partial charge in [0.15, 0.2) is 5.52 Å². The Kier molecular flexibility index (Phi) is 8.36. The van der Waals surface area contributed by atoms with Gasteiger partial charge < -0.3 is 14.7 Å². The molecular formula is C30H45N7O. The van der Waals surface area contributed by atoms with E-state index in [1.807, 2.05) is 4.68 Å². The van der Waals surface area contributed by atoms with Crippen molar-refractivity contribution >= 4 is 22.7 Å². The van der Waals surface area contributed by atoms with Gasteiger partial charge >= 0.3 is 0 Å². The summed E-state index contributed by atoms with van der Waals surface area (Å²) in [5, 5.41) is 4.81. The molecule has 1 saturated heterocycles. The molecule has 2 aromatic heterocycles. The fraction of sp³-hybridized carbons (Fsp3) is 0.633. The Bertz CT molecular complexity index is 1270. The van der Waals surface area contributed by atoms with Crippen molar-refractivity contribution in [3.05, 3.63) is 45.9 Å². The van der Waals surface area contributed by atoms with Crippen LogP contribution in [0.15, 0.2) is 29.1 Å². The summed E-state index contributed by atoms with van der Waals surface area (Å²) in [6.07, 6.45) is 8.21. The van der Waals surface area contributed by atoms with E-state index in [0.717, 1.165) is 63.3 Å². The van der Waals surface area contributed by atoms with E-state index >= 15 is 0 Å². The highest BCUT2D eigenvalue weighted by atomic mass is 16.1. The highest BCUT2D eigenvalue weighted by molar-refractivity contribution is 5.78. The van der Waals surface area contributed by atoms with Crippen LogP contribution in [-0.4, -0.2) is 64.4 Å². The molecule has 5 rings (SSSR count). The standard InChI is InChI=1S/C30H45N7O/c1-5-10-26-27-28(37(33-26)22(2)3)29(38)32-30(31-27)36(20-23-11-7-6-8-12-23)21-24-13-9-14-25(19-24)35-17-15-34(4)16-18-35/h9,13-14,19,22-23H,5-8,10-12,15-18,20-21H2,1-4H3,(H,31,32,38). The highest BCUT2D eigenvalue weighted by Crippen LogP contribution is 2.28. The largest absolute Gasteiger partial charge is 0.369 e. The molecule has 0 amide bonds. The first kappa shape index (κ1) is 26.7. The number of H-pyrrole nitrogens is 1. The van der Waals surface area contributed by atoms with E-state index < -0.39 is 0 Å². The zero-order valence-electron chi connectivity index (χ0n) is 23.7. The van der Waals surface area contributed by atoms with Gasteiger partial charge in [0, 0.05) is 51.0 Å². The first-order valence-electron chi connectivity index (χ1n) is 14.7. The second-order valence-corrected chi connectivity index (χ2v) is 11.7. The van der Waals surface area contributed by atoms with Gasteiger partial charge in [0.05, 0.1) is 5.69 Å². The molecule has 1 saturated carbocycles. The molecule has 0 unspecified atom stereocenters. The van der Waals surface area contributed by atoms with Gasteiger partial charge in [-0.2, -0.15) is 5.10 Å². The van der Waals surface area contributed by atoms with Crippen LogP contribution in [0.1, 0.15) is 76.6 Å². The summed E-state index contributed by atoms with van der Waals surface area (Å²) in [7, 11) is 2.19. The van der Waals surface area contributed by atoms with Gasteiger partial charge in [-0.3, -0.25) is 14.5 Å². The van der Waals surface area contributed by atoms with E-state index in [1.165, 1.54) is 43.4 Å². The molecule has 0 radical (unpaired) electrons. The van der Waals surface area contributed by atoms with E-state index in [4.69, 9.17) is 10.1 Å². The smallest absolute Gasteiger partial charge is 0.278 e. The zero-order valence-corrected chi connectivity index (χ0v) is 23.7. The fourth-order valence-electron chi connectivity index (χ4n) is 6.07. The third-order valence-corrected chi connectivity index (χ3v) is 8.24. The lowest BCUT2D eigenvalue weighted by Gasteiger charge is -2.34. The summed E-state index contributed by atoms with van der Waals surface area (Å²) in [6.45, 7) is 12.2. The maximum atomic E-state index is 13.5.